The number of hydrogen-bond acceptors (Lipinski definition) is 3. The van der Waals surface area contributed by atoms with E-state index in [1.807, 2.05) is 24.1 Å². The number of piperidine rings is 1. The second-order valence-corrected chi connectivity index (χ2v) is 6.98. The zero-order valence-corrected chi connectivity index (χ0v) is 15.3. The first-order valence-corrected chi connectivity index (χ1v) is 9.24. The zero-order chi connectivity index (χ0) is 17.6. The molecule has 1 atom stereocenters. The minimum Gasteiger partial charge on any atom is -0.378 e. The summed E-state index contributed by atoms with van der Waals surface area (Å²) in [4.78, 5) is 8.73. The fourth-order valence-electron chi connectivity index (χ4n) is 3.62. The average Bonchev–Trinajstić information content (AvgIpc) is 2.63. The molecule has 2 heterocycles. The Morgan fingerprint density at radius 3 is 2.80 bits per heavy atom. The van der Waals surface area contributed by atoms with Crippen LogP contribution in [0.25, 0.3) is 0 Å². The molecule has 0 aliphatic carbocycles. The van der Waals surface area contributed by atoms with E-state index in [9.17, 15) is 4.39 Å². The van der Waals surface area contributed by atoms with Gasteiger partial charge in [0.1, 0.15) is 5.82 Å². The Balaban J connectivity index is 1.59. The summed E-state index contributed by atoms with van der Waals surface area (Å²) in [6.45, 7) is 7.73. The van der Waals surface area contributed by atoms with Crippen molar-refractivity contribution in [2.24, 2.45) is 10.9 Å². The normalized spacial score (nSPS) is 22.2. The first-order chi connectivity index (χ1) is 12.2. The highest BCUT2D eigenvalue weighted by atomic mass is 19.1. The SMILES string of the molecule is CN=C(NCc1ccc(N2CCOCC2)c(F)c1)N1CCCC(C)C1. The van der Waals surface area contributed by atoms with Crippen molar-refractivity contribution in [2.75, 3.05) is 51.3 Å². The summed E-state index contributed by atoms with van der Waals surface area (Å²) in [6, 6.07) is 5.50. The van der Waals surface area contributed by atoms with Crippen LogP contribution in [0.5, 0.6) is 0 Å². The van der Waals surface area contributed by atoms with Crippen LogP contribution in [0.15, 0.2) is 23.2 Å². The van der Waals surface area contributed by atoms with Crippen molar-refractivity contribution in [1.29, 1.82) is 0 Å². The third-order valence-electron chi connectivity index (χ3n) is 4.98. The van der Waals surface area contributed by atoms with E-state index in [2.05, 4.69) is 22.1 Å². The molecule has 1 aromatic carbocycles. The molecule has 1 unspecified atom stereocenters. The van der Waals surface area contributed by atoms with Crippen molar-refractivity contribution >= 4 is 11.6 Å². The predicted octanol–water partition coefficient (Wildman–Crippen LogP) is 2.47. The van der Waals surface area contributed by atoms with Crippen molar-refractivity contribution in [1.82, 2.24) is 10.2 Å². The van der Waals surface area contributed by atoms with Gasteiger partial charge in [-0.1, -0.05) is 13.0 Å². The summed E-state index contributed by atoms with van der Waals surface area (Å²) in [5, 5.41) is 3.38. The second-order valence-electron chi connectivity index (χ2n) is 6.98. The summed E-state index contributed by atoms with van der Waals surface area (Å²) >= 11 is 0. The van der Waals surface area contributed by atoms with E-state index in [1.54, 1.807) is 6.07 Å². The van der Waals surface area contributed by atoms with E-state index in [-0.39, 0.29) is 5.82 Å². The number of anilines is 1. The summed E-state index contributed by atoms with van der Waals surface area (Å²) < 4.78 is 19.8. The third-order valence-corrected chi connectivity index (χ3v) is 4.98. The van der Waals surface area contributed by atoms with Crippen LogP contribution in [0.4, 0.5) is 10.1 Å². The number of halogens is 1. The molecule has 138 valence electrons. The van der Waals surface area contributed by atoms with Crippen LogP contribution >= 0.6 is 0 Å². The summed E-state index contributed by atoms with van der Waals surface area (Å²) in [6.07, 6.45) is 2.48. The largest absolute Gasteiger partial charge is 0.378 e. The quantitative estimate of drug-likeness (QED) is 0.673. The number of nitrogens with zero attached hydrogens (tertiary/aromatic N) is 3. The Bertz CT molecular complexity index is 601. The molecule has 0 saturated carbocycles. The number of morpholine rings is 1. The summed E-state index contributed by atoms with van der Waals surface area (Å²) in [7, 11) is 1.81. The Kier molecular flexibility index (Phi) is 6.13. The fraction of sp³-hybridized carbons (Fsp3) is 0.632. The van der Waals surface area contributed by atoms with E-state index in [0.29, 0.717) is 31.4 Å². The number of rotatable bonds is 3. The number of guanidine groups is 1. The molecular formula is C19H29FN4O. The first kappa shape index (κ1) is 18.0. The maximum atomic E-state index is 14.5. The molecule has 2 saturated heterocycles. The molecule has 0 bridgehead atoms. The number of hydrogen-bond donors (Lipinski definition) is 1. The molecule has 0 spiro atoms. The lowest BCUT2D eigenvalue weighted by Gasteiger charge is -2.33. The van der Waals surface area contributed by atoms with Gasteiger partial charge in [0, 0.05) is 39.8 Å². The maximum Gasteiger partial charge on any atom is 0.193 e. The first-order valence-electron chi connectivity index (χ1n) is 9.24. The van der Waals surface area contributed by atoms with Crippen molar-refractivity contribution < 1.29 is 9.13 Å². The molecule has 25 heavy (non-hydrogen) atoms. The molecule has 1 N–H and O–H groups in total. The highest BCUT2D eigenvalue weighted by Crippen LogP contribution is 2.22. The van der Waals surface area contributed by atoms with Crippen molar-refractivity contribution in [3.63, 3.8) is 0 Å². The molecule has 2 aliphatic heterocycles. The monoisotopic (exact) mass is 348 g/mol. The Morgan fingerprint density at radius 1 is 1.32 bits per heavy atom. The third kappa shape index (κ3) is 4.63. The molecule has 0 amide bonds. The summed E-state index contributed by atoms with van der Waals surface area (Å²) in [5.41, 5.74) is 1.60. The molecule has 6 heteroatoms. The van der Waals surface area contributed by atoms with Gasteiger partial charge in [-0.3, -0.25) is 4.99 Å². The number of likely N-dealkylation sites (tertiary alicyclic amines) is 1. The smallest absolute Gasteiger partial charge is 0.193 e. The van der Waals surface area contributed by atoms with Gasteiger partial charge in [-0.2, -0.15) is 0 Å². The van der Waals surface area contributed by atoms with Gasteiger partial charge in [0.15, 0.2) is 5.96 Å². The van der Waals surface area contributed by atoms with Gasteiger partial charge in [0.25, 0.3) is 0 Å². The van der Waals surface area contributed by atoms with Gasteiger partial charge in [0.2, 0.25) is 0 Å². The van der Waals surface area contributed by atoms with Crippen LogP contribution in [0.3, 0.4) is 0 Å². The average molecular weight is 348 g/mol. The minimum atomic E-state index is -0.164. The maximum absolute atomic E-state index is 14.5. The number of ether oxygens (including phenoxy) is 1. The van der Waals surface area contributed by atoms with Crippen LogP contribution < -0.4 is 10.2 Å². The molecule has 0 radical (unpaired) electrons. The Hall–Kier alpha value is -1.82. The van der Waals surface area contributed by atoms with E-state index in [1.165, 1.54) is 12.8 Å². The number of nitrogens with one attached hydrogen (secondary N) is 1. The lowest BCUT2D eigenvalue weighted by atomic mass is 10.0. The van der Waals surface area contributed by atoms with Crippen molar-refractivity contribution in [2.45, 2.75) is 26.3 Å². The van der Waals surface area contributed by atoms with Gasteiger partial charge in [-0.25, -0.2) is 4.39 Å². The van der Waals surface area contributed by atoms with Gasteiger partial charge in [0.05, 0.1) is 18.9 Å². The fourth-order valence-corrected chi connectivity index (χ4v) is 3.62. The Morgan fingerprint density at radius 2 is 2.12 bits per heavy atom. The summed E-state index contributed by atoms with van der Waals surface area (Å²) in [5.74, 6) is 1.43. The molecule has 5 nitrogen and oxygen atoms in total. The highest BCUT2D eigenvalue weighted by Gasteiger charge is 2.19. The minimum absolute atomic E-state index is 0.164. The molecule has 2 aliphatic rings. The lowest BCUT2D eigenvalue weighted by molar-refractivity contribution is 0.122. The zero-order valence-electron chi connectivity index (χ0n) is 15.3. The van der Waals surface area contributed by atoms with Gasteiger partial charge >= 0.3 is 0 Å². The van der Waals surface area contributed by atoms with Crippen LogP contribution in [0.1, 0.15) is 25.3 Å². The van der Waals surface area contributed by atoms with Crippen molar-refractivity contribution in [3.05, 3.63) is 29.6 Å². The van der Waals surface area contributed by atoms with E-state index in [0.717, 1.165) is 37.7 Å². The van der Waals surface area contributed by atoms with E-state index in [4.69, 9.17) is 4.74 Å². The Labute approximate surface area is 149 Å². The molecule has 2 fully saturated rings. The standard InChI is InChI=1S/C19H29FN4O/c1-15-4-3-7-24(14-15)19(21-2)22-13-16-5-6-18(17(20)12-16)23-8-10-25-11-9-23/h5-6,12,15H,3-4,7-11,13-14H2,1-2H3,(H,21,22). The van der Waals surface area contributed by atoms with Crippen LogP contribution in [-0.2, 0) is 11.3 Å². The number of benzene rings is 1. The molecule has 1 aromatic rings. The number of aliphatic imine (C=N–C) groups is 1. The van der Waals surface area contributed by atoms with E-state index < -0.39 is 0 Å². The molecular weight excluding hydrogens is 319 g/mol. The second kappa shape index (κ2) is 8.52. The van der Waals surface area contributed by atoms with E-state index >= 15 is 0 Å². The molecule has 0 aromatic heterocycles. The van der Waals surface area contributed by atoms with Crippen LogP contribution in [-0.4, -0.2) is 57.3 Å². The predicted molar refractivity (Wildman–Crippen MR) is 99.6 cm³/mol. The molecule has 3 rings (SSSR count). The lowest BCUT2D eigenvalue weighted by Crippen LogP contribution is -2.45. The van der Waals surface area contributed by atoms with Crippen LogP contribution in [0, 0.1) is 11.7 Å². The van der Waals surface area contributed by atoms with Gasteiger partial charge in [-0.05, 0) is 36.5 Å². The highest BCUT2D eigenvalue weighted by molar-refractivity contribution is 5.80. The topological polar surface area (TPSA) is 40.1 Å². The van der Waals surface area contributed by atoms with Gasteiger partial charge in [-0.15, -0.1) is 0 Å². The van der Waals surface area contributed by atoms with Gasteiger partial charge < -0.3 is 19.9 Å². The van der Waals surface area contributed by atoms with Crippen LogP contribution in [0.2, 0.25) is 0 Å². The van der Waals surface area contributed by atoms with Crippen molar-refractivity contribution in [3.8, 4) is 0 Å².